The third kappa shape index (κ3) is 3.67. The maximum atomic E-state index is 11.6. The van der Waals surface area contributed by atoms with Gasteiger partial charge in [0.05, 0.1) is 12.7 Å². The summed E-state index contributed by atoms with van der Waals surface area (Å²) in [6.07, 6.45) is 2.52. The average molecular weight is 246 g/mol. The highest BCUT2D eigenvalue weighted by Gasteiger charge is 2.33. The van der Waals surface area contributed by atoms with Gasteiger partial charge in [0.1, 0.15) is 5.78 Å². The predicted molar refractivity (Wildman–Crippen MR) is 72.2 cm³/mol. The zero-order valence-electron chi connectivity index (χ0n) is 11.3. The van der Waals surface area contributed by atoms with Crippen LogP contribution in [0, 0.1) is 11.8 Å². The number of hydrogen-bond acceptors (Lipinski definition) is 2. The highest BCUT2D eigenvalue weighted by atomic mass is 16.5. The van der Waals surface area contributed by atoms with Crippen LogP contribution >= 0.6 is 0 Å². The summed E-state index contributed by atoms with van der Waals surface area (Å²) in [6, 6.07) is 10.2. The van der Waals surface area contributed by atoms with Crippen molar-refractivity contribution in [2.75, 3.05) is 0 Å². The molecule has 1 saturated carbocycles. The van der Waals surface area contributed by atoms with Gasteiger partial charge in [0.15, 0.2) is 0 Å². The second kappa shape index (κ2) is 6.14. The molecule has 0 spiro atoms. The van der Waals surface area contributed by atoms with E-state index in [0.29, 0.717) is 37.1 Å². The highest BCUT2D eigenvalue weighted by molar-refractivity contribution is 5.81. The molecule has 0 aliphatic heterocycles. The van der Waals surface area contributed by atoms with Crippen molar-refractivity contribution < 1.29 is 9.53 Å². The van der Waals surface area contributed by atoms with Gasteiger partial charge in [-0.05, 0) is 23.8 Å². The Morgan fingerprint density at radius 1 is 1.22 bits per heavy atom. The Kier molecular flexibility index (Phi) is 4.54. The minimum absolute atomic E-state index is 0.125. The summed E-state index contributed by atoms with van der Waals surface area (Å²) >= 11 is 0. The summed E-state index contributed by atoms with van der Waals surface area (Å²) in [4.78, 5) is 11.6. The molecule has 1 aromatic rings. The van der Waals surface area contributed by atoms with E-state index in [-0.39, 0.29) is 6.10 Å². The summed E-state index contributed by atoms with van der Waals surface area (Å²) in [5.41, 5.74) is 1.18. The van der Waals surface area contributed by atoms with E-state index in [2.05, 4.69) is 26.0 Å². The molecule has 2 rings (SSSR count). The normalized spacial score (nSPS) is 23.8. The van der Waals surface area contributed by atoms with Gasteiger partial charge in [-0.2, -0.15) is 0 Å². The Morgan fingerprint density at radius 3 is 2.61 bits per heavy atom. The van der Waals surface area contributed by atoms with Gasteiger partial charge < -0.3 is 4.74 Å². The zero-order valence-corrected chi connectivity index (χ0v) is 11.3. The number of rotatable bonds is 5. The van der Waals surface area contributed by atoms with E-state index in [1.807, 2.05) is 18.2 Å². The minimum atomic E-state index is 0.125. The lowest BCUT2D eigenvalue weighted by molar-refractivity contribution is -0.118. The number of ether oxygens (including phenoxy) is 1. The quantitative estimate of drug-likeness (QED) is 0.793. The molecular formula is C16H22O2. The van der Waals surface area contributed by atoms with Crippen LogP contribution in [-0.4, -0.2) is 11.9 Å². The average Bonchev–Trinajstić information content (AvgIpc) is 2.67. The van der Waals surface area contributed by atoms with Crippen LogP contribution in [0.1, 0.15) is 38.7 Å². The molecule has 18 heavy (non-hydrogen) atoms. The number of carbonyl (C=O) groups excluding carboxylic acids is 1. The maximum Gasteiger partial charge on any atom is 0.135 e. The van der Waals surface area contributed by atoms with E-state index in [9.17, 15) is 4.79 Å². The fraction of sp³-hybridized carbons (Fsp3) is 0.562. The Hall–Kier alpha value is -1.15. The predicted octanol–water partition coefficient (Wildman–Crippen LogP) is 3.60. The van der Waals surface area contributed by atoms with Gasteiger partial charge in [-0.1, -0.05) is 44.2 Å². The first kappa shape index (κ1) is 13.3. The van der Waals surface area contributed by atoms with Crippen LogP contribution in [0.25, 0.3) is 0 Å². The van der Waals surface area contributed by atoms with Gasteiger partial charge in [0.25, 0.3) is 0 Å². The summed E-state index contributed by atoms with van der Waals surface area (Å²) < 4.78 is 5.95. The summed E-state index contributed by atoms with van der Waals surface area (Å²) in [5.74, 6) is 1.41. The number of hydrogen-bond donors (Lipinski definition) is 0. The fourth-order valence-corrected chi connectivity index (χ4v) is 2.71. The van der Waals surface area contributed by atoms with Crippen LogP contribution in [0.15, 0.2) is 30.3 Å². The Morgan fingerprint density at radius 2 is 1.94 bits per heavy atom. The SMILES string of the molecule is CC(C)CC1CC(=O)CC1OCc1ccccc1. The third-order valence-electron chi connectivity index (χ3n) is 3.53. The summed E-state index contributed by atoms with van der Waals surface area (Å²) in [7, 11) is 0. The van der Waals surface area contributed by atoms with Crippen LogP contribution in [-0.2, 0) is 16.1 Å². The highest BCUT2D eigenvalue weighted by Crippen LogP contribution is 2.31. The Balaban J connectivity index is 1.89. The van der Waals surface area contributed by atoms with Gasteiger partial charge in [-0.15, -0.1) is 0 Å². The topological polar surface area (TPSA) is 26.3 Å². The minimum Gasteiger partial charge on any atom is -0.373 e. The largest absolute Gasteiger partial charge is 0.373 e. The molecule has 0 radical (unpaired) electrons. The van der Waals surface area contributed by atoms with Gasteiger partial charge in [0.2, 0.25) is 0 Å². The van der Waals surface area contributed by atoms with Crippen molar-refractivity contribution in [1.29, 1.82) is 0 Å². The monoisotopic (exact) mass is 246 g/mol. The van der Waals surface area contributed by atoms with Gasteiger partial charge in [-0.25, -0.2) is 0 Å². The van der Waals surface area contributed by atoms with E-state index < -0.39 is 0 Å². The van der Waals surface area contributed by atoms with Crippen LogP contribution in [0.5, 0.6) is 0 Å². The van der Waals surface area contributed by atoms with Crippen LogP contribution < -0.4 is 0 Å². The molecule has 0 bridgehead atoms. The van der Waals surface area contributed by atoms with Crippen LogP contribution in [0.2, 0.25) is 0 Å². The molecule has 2 atom stereocenters. The second-order valence-electron chi connectivity index (χ2n) is 5.67. The molecule has 2 heteroatoms. The van der Waals surface area contributed by atoms with Crippen LogP contribution in [0.3, 0.4) is 0 Å². The number of Topliss-reactive ketones (excluding diaryl/α,β-unsaturated/α-hetero) is 1. The second-order valence-corrected chi connectivity index (χ2v) is 5.67. The molecule has 1 fully saturated rings. The standard InChI is InChI=1S/C16H22O2/c1-12(2)8-14-9-15(17)10-16(14)18-11-13-6-4-3-5-7-13/h3-7,12,14,16H,8-11H2,1-2H3. The van der Waals surface area contributed by atoms with E-state index >= 15 is 0 Å². The van der Waals surface area contributed by atoms with Gasteiger partial charge in [0, 0.05) is 12.8 Å². The first-order valence-corrected chi connectivity index (χ1v) is 6.82. The van der Waals surface area contributed by atoms with Gasteiger partial charge >= 0.3 is 0 Å². The first-order valence-electron chi connectivity index (χ1n) is 6.82. The van der Waals surface area contributed by atoms with E-state index in [4.69, 9.17) is 4.74 Å². The lowest BCUT2D eigenvalue weighted by Gasteiger charge is -2.21. The lowest BCUT2D eigenvalue weighted by atomic mass is 9.94. The molecule has 0 N–H and O–H groups in total. The molecule has 0 amide bonds. The van der Waals surface area contributed by atoms with Crippen molar-refractivity contribution in [2.24, 2.45) is 11.8 Å². The molecule has 2 nitrogen and oxygen atoms in total. The number of benzene rings is 1. The fourth-order valence-electron chi connectivity index (χ4n) is 2.71. The van der Waals surface area contributed by atoms with Crippen molar-refractivity contribution in [3.63, 3.8) is 0 Å². The summed E-state index contributed by atoms with van der Waals surface area (Å²) in [5, 5.41) is 0. The molecule has 2 unspecified atom stereocenters. The third-order valence-corrected chi connectivity index (χ3v) is 3.53. The van der Waals surface area contributed by atoms with E-state index in [0.717, 1.165) is 6.42 Å². The first-order chi connectivity index (χ1) is 8.65. The maximum absolute atomic E-state index is 11.6. The zero-order chi connectivity index (χ0) is 13.0. The number of carbonyl (C=O) groups is 1. The molecule has 0 saturated heterocycles. The molecule has 0 aromatic heterocycles. The van der Waals surface area contributed by atoms with Gasteiger partial charge in [-0.3, -0.25) is 4.79 Å². The van der Waals surface area contributed by atoms with Crippen molar-refractivity contribution in [2.45, 2.75) is 45.8 Å². The molecular weight excluding hydrogens is 224 g/mol. The number of ketones is 1. The molecule has 1 aromatic carbocycles. The van der Waals surface area contributed by atoms with Crippen LogP contribution in [0.4, 0.5) is 0 Å². The van der Waals surface area contributed by atoms with Crippen molar-refractivity contribution in [3.8, 4) is 0 Å². The molecule has 1 aliphatic carbocycles. The Labute approximate surface area is 109 Å². The smallest absolute Gasteiger partial charge is 0.135 e. The summed E-state index contributed by atoms with van der Waals surface area (Å²) in [6.45, 7) is 5.03. The van der Waals surface area contributed by atoms with E-state index in [1.165, 1.54) is 5.56 Å². The lowest BCUT2D eigenvalue weighted by Crippen LogP contribution is -2.19. The molecule has 1 aliphatic rings. The van der Waals surface area contributed by atoms with Crippen molar-refractivity contribution in [1.82, 2.24) is 0 Å². The van der Waals surface area contributed by atoms with Crippen molar-refractivity contribution >= 4 is 5.78 Å². The van der Waals surface area contributed by atoms with E-state index in [1.54, 1.807) is 0 Å². The van der Waals surface area contributed by atoms with Crippen molar-refractivity contribution in [3.05, 3.63) is 35.9 Å². The molecule has 98 valence electrons. The Bertz CT molecular complexity index is 383. The molecule has 0 heterocycles.